The highest BCUT2D eigenvalue weighted by Crippen LogP contribution is 2.24. The highest BCUT2D eigenvalue weighted by molar-refractivity contribution is 7.99. The molecule has 1 N–H and O–H groups in total. The van der Waals surface area contributed by atoms with Crippen molar-refractivity contribution in [3.05, 3.63) is 46.4 Å². The molecule has 1 aromatic heterocycles. The van der Waals surface area contributed by atoms with Gasteiger partial charge in [-0.2, -0.15) is 0 Å². The number of nitrogens with zero attached hydrogens (tertiary/aromatic N) is 3. The Labute approximate surface area is 150 Å². The fourth-order valence-corrected chi connectivity index (χ4v) is 4.22. The molecule has 2 aromatic rings. The molecule has 130 valence electrons. The van der Waals surface area contributed by atoms with Gasteiger partial charge in [0.25, 0.3) is 11.5 Å². The fourth-order valence-electron chi connectivity index (χ4n) is 3.30. The average Bonchev–Trinajstić information content (AvgIpc) is 3.13. The Morgan fingerprint density at radius 3 is 2.84 bits per heavy atom. The summed E-state index contributed by atoms with van der Waals surface area (Å²) in [5.41, 5.74) is 1.64. The number of amides is 1. The molecule has 0 aliphatic carbocycles. The molecule has 1 saturated heterocycles. The number of aromatic nitrogens is 2. The van der Waals surface area contributed by atoms with Gasteiger partial charge >= 0.3 is 0 Å². The van der Waals surface area contributed by atoms with Gasteiger partial charge in [-0.3, -0.25) is 14.2 Å². The smallest absolute Gasteiger partial charge is 0.267 e. The number of hydrogen-bond acceptors (Lipinski definition) is 5. The number of hydrogen-bond donors (Lipinski definition) is 1. The lowest BCUT2D eigenvalue weighted by Crippen LogP contribution is -2.30. The third-order valence-corrected chi connectivity index (χ3v) is 5.60. The quantitative estimate of drug-likeness (QED) is 0.856. The van der Waals surface area contributed by atoms with Gasteiger partial charge in [-0.25, -0.2) is 4.98 Å². The number of fused-ring (bicyclic) bond motifs is 1. The molecule has 7 heteroatoms. The number of nitrogens with one attached hydrogen (secondary N) is 1. The third kappa shape index (κ3) is 3.28. The van der Waals surface area contributed by atoms with E-state index in [0.29, 0.717) is 17.4 Å². The standard InChI is InChI=1S/C18H20N4O2S/c23-16(15-12-19-18-22(17(15)24)9-10-25-18)20-13-5-4-6-14(11-13)21-7-2-1-3-8-21/h4-6,11-12H,1-3,7-10H2,(H,20,23). The number of carbonyl (C=O) groups is 1. The van der Waals surface area contributed by atoms with Crippen molar-refractivity contribution < 1.29 is 4.79 Å². The van der Waals surface area contributed by atoms with Crippen LogP contribution in [0.5, 0.6) is 0 Å². The summed E-state index contributed by atoms with van der Waals surface area (Å²) in [6, 6.07) is 7.81. The van der Waals surface area contributed by atoms with Crippen molar-refractivity contribution in [2.45, 2.75) is 31.0 Å². The van der Waals surface area contributed by atoms with Crippen LogP contribution in [0, 0.1) is 0 Å². The van der Waals surface area contributed by atoms with Gasteiger partial charge in [0.1, 0.15) is 5.56 Å². The van der Waals surface area contributed by atoms with Crippen molar-refractivity contribution in [1.29, 1.82) is 0 Å². The zero-order chi connectivity index (χ0) is 17.2. The first kappa shape index (κ1) is 16.2. The van der Waals surface area contributed by atoms with E-state index in [2.05, 4.69) is 21.3 Å². The number of rotatable bonds is 3. The Morgan fingerprint density at radius 2 is 2.00 bits per heavy atom. The maximum Gasteiger partial charge on any atom is 0.267 e. The van der Waals surface area contributed by atoms with Crippen LogP contribution in [-0.4, -0.2) is 34.3 Å². The predicted octanol–water partition coefficient (Wildman–Crippen LogP) is 2.59. The Kier molecular flexibility index (Phi) is 4.48. The molecule has 0 unspecified atom stereocenters. The summed E-state index contributed by atoms with van der Waals surface area (Å²) >= 11 is 1.54. The number of piperidine rings is 1. The van der Waals surface area contributed by atoms with E-state index in [4.69, 9.17) is 0 Å². The molecule has 0 bridgehead atoms. The molecule has 6 nitrogen and oxygen atoms in total. The van der Waals surface area contributed by atoms with Crippen molar-refractivity contribution in [2.24, 2.45) is 0 Å². The Hall–Kier alpha value is -2.28. The number of carbonyl (C=O) groups excluding carboxylic acids is 1. The van der Waals surface area contributed by atoms with Crippen LogP contribution in [0.15, 0.2) is 40.4 Å². The molecule has 0 atom stereocenters. The minimum absolute atomic E-state index is 0.0922. The van der Waals surface area contributed by atoms with Crippen LogP contribution in [0.1, 0.15) is 29.6 Å². The minimum Gasteiger partial charge on any atom is -0.371 e. The number of thioether (sulfide) groups is 1. The first-order valence-corrected chi connectivity index (χ1v) is 9.60. The van der Waals surface area contributed by atoms with Crippen molar-refractivity contribution in [3.63, 3.8) is 0 Å². The van der Waals surface area contributed by atoms with E-state index in [1.54, 1.807) is 4.57 Å². The Morgan fingerprint density at radius 1 is 1.16 bits per heavy atom. The van der Waals surface area contributed by atoms with Crippen LogP contribution in [0.2, 0.25) is 0 Å². The largest absolute Gasteiger partial charge is 0.371 e. The molecule has 1 amide bonds. The van der Waals surface area contributed by atoms with Crippen LogP contribution in [0.25, 0.3) is 0 Å². The summed E-state index contributed by atoms with van der Waals surface area (Å²) in [4.78, 5) is 31.6. The van der Waals surface area contributed by atoms with E-state index in [9.17, 15) is 9.59 Å². The second kappa shape index (κ2) is 6.92. The SMILES string of the molecule is O=C(Nc1cccc(N2CCCCC2)c1)c1cnc2n(c1=O)CCS2. The van der Waals surface area contributed by atoms with Crippen LogP contribution in [-0.2, 0) is 6.54 Å². The highest BCUT2D eigenvalue weighted by atomic mass is 32.2. The molecule has 2 aliphatic rings. The normalized spacial score (nSPS) is 16.6. The molecule has 0 saturated carbocycles. The number of anilines is 2. The molecule has 0 spiro atoms. The minimum atomic E-state index is -0.402. The maximum atomic E-state index is 12.5. The predicted molar refractivity (Wildman–Crippen MR) is 99.7 cm³/mol. The van der Waals surface area contributed by atoms with E-state index in [1.165, 1.54) is 37.2 Å². The topological polar surface area (TPSA) is 67.2 Å². The lowest BCUT2D eigenvalue weighted by atomic mass is 10.1. The summed E-state index contributed by atoms with van der Waals surface area (Å²) < 4.78 is 1.57. The summed E-state index contributed by atoms with van der Waals surface area (Å²) in [6.45, 7) is 2.70. The lowest BCUT2D eigenvalue weighted by molar-refractivity contribution is 0.102. The zero-order valence-electron chi connectivity index (χ0n) is 13.9. The van der Waals surface area contributed by atoms with E-state index in [1.807, 2.05) is 18.2 Å². The van der Waals surface area contributed by atoms with E-state index in [-0.39, 0.29) is 11.1 Å². The van der Waals surface area contributed by atoms with E-state index in [0.717, 1.165) is 24.5 Å². The molecule has 25 heavy (non-hydrogen) atoms. The van der Waals surface area contributed by atoms with Crippen LogP contribution < -0.4 is 15.8 Å². The summed E-state index contributed by atoms with van der Waals surface area (Å²) in [7, 11) is 0. The van der Waals surface area contributed by atoms with Gasteiger partial charge in [-0.15, -0.1) is 0 Å². The molecule has 1 fully saturated rings. The summed E-state index contributed by atoms with van der Waals surface area (Å²) in [5, 5.41) is 3.53. The monoisotopic (exact) mass is 356 g/mol. The maximum absolute atomic E-state index is 12.5. The van der Waals surface area contributed by atoms with Gasteiger partial charge in [-0.1, -0.05) is 17.8 Å². The fraction of sp³-hybridized carbons (Fsp3) is 0.389. The van der Waals surface area contributed by atoms with Crippen molar-refractivity contribution in [3.8, 4) is 0 Å². The molecular formula is C18H20N4O2S. The Bertz CT molecular complexity index is 858. The first-order chi connectivity index (χ1) is 12.2. The van der Waals surface area contributed by atoms with Gasteiger partial charge in [0, 0.05) is 43.0 Å². The third-order valence-electron chi connectivity index (χ3n) is 4.63. The van der Waals surface area contributed by atoms with Gasteiger partial charge in [-0.05, 0) is 37.5 Å². The van der Waals surface area contributed by atoms with Crippen LogP contribution >= 0.6 is 11.8 Å². The molecular weight excluding hydrogens is 336 g/mol. The Balaban J connectivity index is 1.54. The van der Waals surface area contributed by atoms with Crippen LogP contribution in [0.4, 0.5) is 11.4 Å². The second-order valence-electron chi connectivity index (χ2n) is 6.31. The van der Waals surface area contributed by atoms with Crippen molar-refractivity contribution in [1.82, 2.24) is 9.55 Å². The summed E-state index contributed by atoms with van der Waals surface area (Å²) in [6.07, 6.45) is 5.06. The van der Waals surface area contributed by atoms with Gasteiger partial charge < -0.3 is 10.2 Å². The second-order valence-corrected chi connectivity index (χ2v) is 7.37. The first-order valence-electron chi connectivity index (χ1n) is 8.61. The highest BCUT2D eigenvalue weighted by Gasteiger charge is 2.20. The van der Waals surface area contributed by atoms with Crippen molar-refractivity contribution >= 4 is 29.0 Å². The van der Waals surface area contributed by atoms with Crippen molar-refractivity contribution in [2.75, 3.05) is 29.1 Å². The molecule has 2 aliphatic heterocycles. The molecule has 1 aromatic carbocycles. The van der Waals surface area contributed by atoms with E-state index >= 15 is 0 Å². The van der Waals surface area contributed by atoms with Gasteiger partial charge in [0.15, 0.2) is 5.16 Å². The molecule has 3 heterocycles. The number of benzene rings is 1. The zero-order valence-corrected chi connectivity index (χ0v) is 14.7. The molecule has 0 radical (unpaired) electrons. The van der Waals surface area contributed by atoms with Gasteiger partial charge in [0.05, 0.1) is 0 Å². The van der Waals surface area contributed by atoms with Crippen LogP contribution in [0.3, 0.4) is 0 Å². The van der Waals surface area contributed by atoms with E-state index < -0.39 is 5.91 Å². The molecule has 4 rings (SSSR count). The lowest BCUT2D eigenvalue weighted by Gasteiger charge is -2.29. The average molecular weight is 356 g/mol. The van der Waals surface area contributed by atoms with Gasteiger partial charge in [0.2, 0.25) is 0 Å². The summed E-state index contributed by atoms with van der Waals surface area (Å²) in [5.74, 6) is 0.422.